The minimum Gasteiger partial charge on any atom is -0.461 e. The fourth-order valence-electron chi connectivity index (χ4n) is 1.64. The van der Waals surface area contributed by atoms with Crippen molar-refractivity contribution >= 4 is 5.97 Å². The summed E-state index contributed by atoms with van der Waals surface area (Å²) < 4.78 is 4.91. The van der Waals surface area contributed by atoms with Gasteiger partial charge in [-0.2, -0.15) is 0 Å². The molecule has 0 aliphatic carbocycles. The van der Waals surface area contributed by atoms with Crippen LogP contribution in [0.15, 0.2) is 12.3 Å². The fraction of sp³-hybridized carbons (Fsp3) is 0.615. The molecule has 0 unspecified atom stereocenters. The van der Waals surface area contributed by atoms with Gasteiger partial charge >= 0.3 is 5.97 Å². The van der Waals surface area contributed by atoms with Crippen molar-refractivity contribution in [1.82, 2.24) is 14.9 Å². The molecule has 0 atom stereocenters. The van der Waals surface area contributed by atoms with Crippen LogP contribution >= 0.6 is 0 Å². The van der Waals surface area contributed by atoms with Gasteiger partial charge in [0.25, 0.3) is 0 Å². The molecule has 1 aromatic rings. The Bertz CT molecular complexity index is 378. The molecule has 0 aromatic carbocycles. The molecule has 0 saturated heterocycles. The molecule has 0 aliphatic rings. The van der Waals surface area contributed by atoms with Crippen molar-refractivity contribution in [2.24, 2.45) is 0 Å². The number of aromatic nitrogens is 2. The molecule has 1 heterocycles. The van der Waals surface area contributed by atoms with Crippen molar-refractivity contribution in [1.29, 1.82) is 0 Å². The van der Waals surface area contributed by atoms with Crippen molar-refractivity contribution < 1.29 is 9.53 Å². The van der Waals surface area contributed by atoms with Gasteiger partial charge in [0.1, 0.15) is 5.82 Å². The van der Waals surface area contributed by atoms with E-state index in [2.05, 4.69) is 28.7 Å². The molecule has 0 N–H and O–H groups in total. The van der Waals surface area contributed by atoms with Crippen LogP contribution in [0.5, 0.6) is 0 Å². The Kier molecular flexibility index (Phi) is 6.28. The summed E-state index contributed by atoms with van der Waals surface area (Å²) in [6.07, 6.45) is 2.35. The van der Waals surface area contributed by atoms with Crippen LogP contribution in [0.4, 0.5) is 0 Å². The number of rotatable bonds is 7. The van der Waals surface area contributed by atoms with Crippen molar-refractivity contribution in [2.75, 3.05) is 26.2 Å². The van der Waals surface area contributed by atoms with Crippen molar-refractivity contribution in [3.8, 4) is 0 Å². The number of hydrogen-bond donors (Lipinski definition) is 0. The third kappa shape index (κ3) is 4.41. The summed E-state index contributed by atoms with van der Waals surface area (Å²) in [6, 6.07) is 1.58. The molecule has 5 nitrogen and oxygen atoms in total. The molecule has 0 radical (unpaired) electrons. The number of hydrogen-bond acceptors (Lipinski definition) is 5. The molecular weight excluding hydrogens is 230 g/mol. The molecule has 0 bridgehead atoms. The zero-order chi connectivity index (χ0) is 13.4. The molecule has 5 heteroatoms. The van der Waals surface area contributed by atoms with Crippen LogP contribution in [0.25, 0.3) is 0 Å². The highest BCUT2D eigenvalue weighted by Crippen LogP contribution is 2.00. The molecule has 1 rings (SSSR count). The van der Waals surface area contributed by atoms with Gasteiger partial charge in [0.2, 0.25) is 0 Å². The number of ether oxygens (including phenoxy) is 1. The second-order valence-electron chi connectivity index (χ2n) is 3.86. The van der Waals surface area contributed by atoms with Crippen LogP contribution in [0.1, 0.15) is 37.1 Å². The van der Waals surface area contributed by atoms with E-state index in [9.17, 15) is 4.79 Å². The quantitative estimate of drug-likeness (QED) is 0.688. The lowest BCUT2D eigenvalue weighted by molar-refractivity contribution is 0.0519. The summed E-state index contributed by atoms with van der Waals surface area (Å²) >= 11 is 0. The zero-order valence-corrected chi connectivity index (χ0v) is 11.3. The van der Waals surface area contributed by atoms with Gasteiger partial charge < -0.3 is 9.64 Å². The lowest BCUT2D eigenvalue weighted by Gasteiger charge is -2.16. The van der Waals surface area contributed by atoms with Crippen molar-refractivity contribution in [2.45, 2.75) is 27.2 Å². The van der Waals surface area contributed by atoms with Crippen LogP contribution < -0.4 is 0 Å². The Morgan fingerprint density at radius 2 is 2.06 bits per heavy atom. The maximum absolute atomic E-state index is 11.5. The largest absolute Gasteiger partial charge is 0.461 e. The molecule has 1 aromatic heterocycles. The zero-order valence-electron chi connectivity index (χ0n) is 11.3. The second-order valence-corrected chi connectivity index (χ2v) is 3.86. The average Bonchev–Trinajstić information content (AvgIpc) is 2.40. The molecule has 100 valence electrons. The summed E-state index contributed by atoms with van der Waals surface area (Å²) in [6.45, 7) is 9.30. The highest BCUT2D eigenvalue weighted by atomic mass is 16.5. The number of carbonyl (C=O) groups is 1. The van der Waals surface area contributed by atoms with E-state index in [1.807, 2.05) is 0 Å². The first-order valence-electron chi connectivity index (χ1n) is 6.42. The summed E-state index contributed by atoms with van der Waals surface area (Å²) in [4.78, 5) is 22.2. The number of nitrogens with zero attached hydrogens (tertiary/aromatic N) is 3. The number of esters is 1. The van der Waals surface area contributed by atoms with Crippen LogP contribution in [-0.2, 0) is 11.2 Å². The molecule has 0 saturated carbocycles. The standard InChI is InChI=1S/C13H21N3O2/c1-4-16(5-2)10-8-12-14-9-7-11(15-12)13(17)18-6-3/h7,9H,4-6,8,10H2,1-3H3. The van der Waals surface area contributed by atoms with E-state index in [0.717, 1.165) is 26.1 Å². The monoisotopic (exact) mass is 251 g/mol. The highest BCUT2D eigenvalue weighted by molar-refractivity contribution is 5.87. The first-order chi connectivity index (χ1) is 8.71. The summed E-state index contributed by atoms with van der Waals surface area (Å²) in [5.41, 5.74) is 0.335. The Hall–Kier alpha value is -1.49. The first kappa shape index (κ1) is 14.6. The molecule has 18 heavy (non-hydrogen) atoms. The van der Waals surface area contributed by atoms with Crippen LogP contribution in [0, 0.1) is 0 Å². The van der Waals surface area contributed by atoms with E-state index in [4.69, 9.17) is 4.74 Å². The van der Waals surface area contributed by atoms with Crippen molar-refractivity contribution in [3.05, 3.63) is 23.8 Å². The summed E-state index contributed by atoms with van der Waals surface area (Å²) in [7, 11) is 0. The van der Waals surface area contributed by atoms with E-state index < -0.39 is 0 Å². The van der Waals surface area contributed by atoms with Gasteiger partial charge in [-0.1, -0.05) is 13.8 Å². The van der Waals surface area contributed by atoms with Gasteiger partial charge in [-0.05, 0) is 26.1 Å². The van der Waals surface area contributed by atoms with Crippen LogP contribution in [-0.4, -0.2) is 47.1 Å². The average molecular weight is 251 g/mol. The molecular formula is C13H21N3O2. The lowest BCUT2D eigenvalue weighted by atomic mass is 10.3. The minimum atomic E-state index is -0.385. The van der Waals surface area contributed by atoms with Gasteiger partial charge in [0.05, 0.1) is 6.61 Å². The molecule has 0 fully saturated rings. The first-order valence-corrected chi connectivity index (χ1v) is 6.42. The molecule has 0 spiro atoms. The van der Waals surface area contributed by atoms with Crippen LogP contribution in [0.3, 0.4) is 0 Å². The third-order valence-electron chi connectivity index (χ3n) is 2.74. The van der Waals surface area contributed by atoms with Gasteiger partial charge in [-0.25, -0.2) is 14.8 Å². The Morgan fingerprint density at radius 1 is 1.33 bits per heavy atom. The summed E-state index contributed by atoms with van der Waals surface area (Å²) in [5.74, 6) is 0.302. The van der Waals surface area contributed by atoms with Gasteiger partial charge in [-0.15, -0.1) is 0 Å². The molecule has 0 aliphatic heterocycles. The smallest absolute Gasteiger partial charge is 0.357 e. The predicted molar refractivity (Wildman–Crippen MR) is 69.5 cm³/mol. The SMILES string of the molecule is CCOC(=O)c1ccnc(CCN(CC)CC)n1. The summed E-state index contributed by atoms with van der Waals surface area (Å²) in [5, 5.41) is 0. The van der Waals surface area contributed by atoms with E-state index >= 15 is 0 Å². The number of carbonyl (C=O) groups excluding carboxylic acids is 1. The van der Waals surface area contributed by atoms with E-state index in [-0.39, 0.29) is 5.97 Å². The Labute approximate surface area is 108 Å². The van der Waals surface area contributed by atoms with Gasteiger partial charge in [-0.3, -0.25) is 0 Å². The number of likely N-dealkylation sites (N-methyl/N-ethyl adjacent to an activating group) is 1. The normalized spacial score (nSPS) is 10.7. The fourth-order valence-corrected chi connectivity index (χ4v) is 1.64. The van der Waals surface area contributed by atoms with E-state index in [0.29, 0.717) is 18.1 Å². The Balaban J connectivity index is 2.62. The molecule has 0 amide bonds. The topological polar surface area (TPSA) is 55.3 Å². The maximum Gasteiger partial charge on any atom is 0.357 e. The van der Waals surface area contributed by atoms with E-state index in [1.54, 1.807) is 19.2 Å². The lowest BCUT2D eigenvalue weighted by Crippen LogP contribution is -2.26. The Morgan fingerprint density at radius 3 is 2.67 bits per heavy atom. The van der Waals surface area contributed by atoms with Gasteiger partial charge in [0.15, 0.2) is 5.69 Å². The van der Waals surface area contributed by atoms with Gasteiger partial charge in [0, 0.05) is 19.2 Å². The second kappa shape index (κ2) is 7.76. The van der Waals surface area contributed by atoms with E-state index in [1.165, 1.54) is 0 Å². The van der Waals surface area contributed by atoms with Crippen molar-refractivity contribution in [3.63, 3.8) is 0 Å². The third-order valence-corrected chi connectivity index (χ3v) is 2.74. The minimum absolute atomic E-state index is 0.335. The van der Waals surface area contributed by atoms with Crippen LogP contribution in [0.2, 0.25) is 0 Å². The highest BCUT2D eigenvalue weighted by Gasteiger charge is 2.09. The maximum atomic E-state index is 11.5. The predicted octanol–water partition coefficient (Wildman–Crippen LogP) is 1.54.